The average molecular weight is 387 g/mol. The van der Waals surface area contributed by atoms with Gasteiger partial charge < -0.3 is 14.7 Å². The molecule has 2 aliphatic heterocycles. The summed E-state index contributed by atoms with van der Waals surface area (Å²) in [7, 11) is 2.12. The van der Waals surface area contributed by atoms with Crippen molar-refractivity contribution in [1.29, 1.82) is 0 Å². The van der Waals surface area contributed by atoms with E-state index in [1.165, 1.54) is 12.5 Å². The zero-order valence-corrected chi connectivity index (χ0v) is 16.5. The van der Waals surface area contributed by atoms with Crippen LogP contribution in [0.5, 0.6) is 0 Å². The molecule has 1 unspecified atom stereocenters. The van der Waals surface area contributed by atoms with Crippen LogP contribution in [0.15, 0.2) is 24.3 Å². The predicted molar refractivity (Wildman–Crippen MR) is 108 cm³/mol. The molecule has 0 radical (unpaired) electrons. The summed E-state index contributed by atoms with van der Waals surface area (Å²) < 4.78 is 27.2. The number of piperazine rings is 1. The van der Waals surface area contributed by atoms with Crippen LogP contribution >= 0.6 is 0 Å². The summed E-state index contributed by atoms with van der Waals surface area (Å²) in [6.45, 7) is 6.86. The first kappa shape index (κ1) is 19.1. The lowest BCUT2D eigenvalue weighted by atomic mass is 10.1. The number of hydrogen-bond donors (Lipinski definition) is 0. The molecule has 2 aromatic rings. The van der Waals surface area contributed by atoms with Crippen LogP contribution in [0.25, 0.3) is 11.3 Å². The van der Waals surface area contributed by atoms with E-state index in [0.29, 0.717) is 23.2 Å². The van der Waals surface area contributed by atoms with Gasteiger partial charge in [-0.2, -0.15) is 4.98 Å². The van der Waals surface area contributed by atoms with Gasteiger partial charge >= 0.3 is 0 Å². The molecule has 3 heterocycles. The number of piperidine rings is 1. The van der Waals surface area contributed by atoms with E-state index in [1.807, 2.05) is 6.07 Å². The van der Waals surface area contributed by atoms with Crippen LogP contribution in [0.1, 0.15) is 26.2 Å². The summed E-state index contributed by atoms with van der Waals surface area (Å²) in [5.74, 6) is -0.161. The van der Waals surface area contributed by atoms with E-state index in [-0.39, 0.29) is 0 Å². The minimum atomic E-state index is -0.856. The molecule has 0 saturated carbocycles. The number of likely N-dealkylation sites (N-methyl/N-ethyl adjacent to an activating group) is 1. The topological polar surface area (TPSA) is 35.5 Å². The first-order valence-electron chi connectivity index (χ1n) is 10.1. The molecule has 2 saturated heterocycles. The Morgan fingerprint density at radius 3 is 2.43 bits per heavy atom. The molecular weight excluding hydrogens is 360 g/mol. The van der Waals surface area contributed by atoms with Gasteiger partial charge in [0.25, 0.3) is 0 Å². The highest BCUT2D eigenvalue weighted by molar-refractivity contribution is 5.65. The molecule has 0 aliphatic carbocycles. The summed E-state index contributed by atoms with van der Waals surface area (Å²) in [6.07, 6.45) is 3.47. The van der Waals surface area contributed by atoms with Crippen molar-refractivity contribution in [2.75, 3.05) is 49.6 Å². The first-order valence-corrected chi connectivity index (χ1v) is 10.1. The molecule has 1 aromatic carbocycles. The molecule has 4 rings (SSSR count). The Hall–Kier alpha value is -2.28. The molecule has 0 bridgehead atoms. The van der Waals surface area contributed by atoms with E-state index in [9.17, 15) is 8.78 Å². The van der Waals surface area contributed by atoms with E-state index < -0.39 is 11.6 Å². The van der Waals surface area contributed by atoms with E-state index in [0.717, 1.165) is 57.4 Å². The van der Waals surface area contributed by atoms with Gasteiger partial charge in [0.1, 0.15) is 5.82 Å². The lowest BCUT2D eigenvalue weighted by molar-refractivity contribution is 0.274. The SMILES string of the molecule is CC1CN(C)CCN1c1cc(-c2ccc(F)c(F)c2)nc(N2CCCCC2)n1. The van der Waals surface area contributed by atoms with Gasteiger partial charge in [-0.3, -0.25) is 0 Å². The lowest BCUT2D eigenvalue weighted by Gasteiger charge is -2.39. The van der Waals surface area contributed by atoms with Gasteiger partial charge in [0.2, 0.25) is 5.95 Å². The second-order valence-electron chi connectivity index (χ2n) is 7.89. The zero-order chi connectivity index (χ0) is 19.7. The third-order valence-corrected chi connectivity index (χ3v) is 5.68. The number of halogens is 2. The van der Waals surface area contributed by atoms with Crippen molar-refractivity contribution in [3.8, 4) is 11.3 Å². The van der Waals surface area contributed by atoms with E-state index >= 15 is 0 Å². The zero-order valence-electron chi connectivity index (χ0n) is 16.5. The molecule has 1 aromatic heterocycles. The third-order valence-electron chi connectivity index (χ3n) is 5.68. The maximum atomic E-state index is 13.8. The second kappa shape index (κ2) is 7.99. The average Bonchev–Trinajstić information content (AvgIpc) is 2.70. The highest BCUT2D eigenvalue weighted by Crippen LogP contribution is 2.29. The minimum Gasteiger partial charge on any atom is -0.351 e. The number of benzene rings is 1. The molecule has 5 nitrogen and oxygen atoms in total. The molecule has 1 atom stereocenters. The molecular formula is C21H27F2N5. The molecule has 0 spiro atoms. The van der Waals surface area contributed by atoms with Crippen LogP contribution < -0.4 is 9.80 Å². The summed E-state index contributed by atoms with van der Waals surface area (Å²) in [5.41, 5.74) is 1.21. The van der Waals surface area contributed by atoms with Gasteiger partial charge in [-0.25, -0.2) is 13.8 Å². The predicted octanol–water partition coefficient (Wildman–Crippen LogP) is 3.55. The molecule has 0 amide bonds. The highest BCUT2D eigenvalue weighted by Gasteiger charge is 2.25. The fraction of sp³-hybridized carbons (Fsp3) is 0.524. The van der Waals surface area contributed by atoms with Crippen LogP contribution in [-0.2, 0) is 0 Å². The Bertz CT molecular complexity index is 838. The van der Waals surface area contributed by atoms with Gasteiger partial charge in [-0.1, -0.05) is 0 Å². The quantitative estimate of drug-likeness (QED) is 0.805. The van der Waals surface area contributed by atoms with E-state index in [1.54, 1.807) is 6.07 Å². The van der Waals surface area contributed by atoms with Crippen LogP contribution in [0.2, 0.25) is 0 Å². The fourth-order valence-corrected chi connectivity index (χ4v) is 4.09. The smallest absolute Gasteiger partial charge is 0.227 e. The number of aromatic nitrogens is 2. The monoisotopic (exact) mass is 387 g/mol. The fourth-order valence-electron chi connectivity index (χ4n) is 4.09. The molecule has 7 heteroatoms. The molecule has 2 fully saturated rings. The Balaban J connectivity index is 1.75. The maximum Gasteiger partial charge on any atom is 0.227 e. The van der Waals surface area contributed by atoms with Crippen molar-refractivity contribution in [2.45, 2.75) is 32.2 Å². The van der Waals surface area contributed by atoms with Crippen molar-refractivity contribution in [2.24, 2.45) is 0 Å². The van der Waals surface area contributed by atoms with Crippen molar-refractivity contribution in [3.05, 3.63) is 35.9 Å². The van der Waals surface area contributed by atoms with Gasteiger partial charge in [-0.15, -0.1) is 0 Å². The summed E-state index contributed by atoms with van der Waals surface area (Å²) >= 11 is 0. The summed E-state index contributed by atoms with van der Waals surface area (Å²) in [5, 5.41) is 0. The second-order valence-corrected chi connectivity index (χ2v) is 7.89. The van der Waals surface area contributed by atoms with Crippen LogP contribution in [0, 0.1) is 11.6 Å². The Labute approximate surface area is 165 Å². The largest absolute Gasteiger partial charge is 0.351 e. The van der Waals surface area contributed by atoms with Crippen LogP contribution in [-0.4, -0.2) is 60.7 Å². The van der Waals surface area contributed by atoms with E-state index in [2.05, 4.69) is 28.7 Å². The first-order chi connectivity index (χ1) is 13.5. The Morgan fingerprint density at radius 2 is 1.71 bits per heavy atom. The molecule has 28 heavy (non-hydrogen) atoms. The Kier molecular flexibility index (Phi) is 5.44. The number of anilines is 2. The standard InChI is InChI=1S/C21H27F2N5/c1-15-14-26(2)10-11-28(15)20-13-19(16-6-7-17(22)18(23)12-16)24-21(25-20)27-8-4-3-5-9-27/h6-7,12-13,15H,3-5,8-11,14H2,1-2H3. The van der Waals surface area contributed by atoms with Crippen molar-refractivity contribution in [3.63, 3.8) is 0 Å². The van der Waals surface area contributed by atoms with Crippen LogP contribution in [0.3, 0.4) is 0 Å². The van der Waals surface area contributed by atoms with Gasteiger partial charge in [0.05, 0.1) is 5.69 Å². The summed E-state index contributed by atoms with van der Waals surface area (Å²) in [6, 6.07) is 6.18. The lowest BCUT2D eigenvalue weighted by Crippen LogP contribution is -2.51. The van der Waals surface area contributed by atoms with Gasteiger partial charge in [-0.05, 0) is 51.4 Å². The van der Waals surface area contributed by atoms with Crippen LogP contribution in [0.4, 0.5) is 20.5 Å². The van der Waals surface area contributed by atoms with Crippen molar-refractivity contribution < 1.29 is 8.78 Å². The number of nitrogens with zero attached hydrogens (tertiary/aromatic N) is 5. The molecule has 2 aliphatic rings. The van der Waals surface area contributed by atoms with Gasteiger partial charge in [0, 0.05) is 50.4 Å². The Morgan fingerprint density at radius 1 is 0.929 bits per heavy atom. The van der Waals surface area contributed by atoms with Gasteiger partial charge in [0.15, 0.2) is 11.6 Å². The normalized spacial score (nSPS) is 21.2. The highest BCUT2D eigenvalue weighted by atomic mass is 19.2. The number of rotatable bonds is 3. The van der Waals surface area contributed by atoms with Crippen molar-refractivity contribution >= 4 is 11.8 Å². The van der Waals surface area contributed by atoms with E-state index in [4.69, 9.17) is 9.97 Å². The molecule has 150 valence electrons. The minimum absolute atomic E-state index is 0.320. The summed E-state index contributed by atoms with van der Waals surface area (Å²) in [4.78, 5) is 16.4. The molecule has 0 N–H and O–H groups in total. The number of hydrogen-bond acceptors (Lipinski definition) is 5. The maximum absolute atomic E-state index is 13.8. The third kappa shape index (κ3) is 3.94. The van der Waals surface area contributed by atoms with Crippen molar-refractivity contribution in [1.82, 2.24) is 14.9 Å².